The molecule has 2 aromatic rings. The first kappa shape index (κ1) is 20.7. The van der Waals surface area contributed by atoms with Gasteiger partial charge in [0.1, 0.15) is 18.9 Å². The molecule has 0 saturated heterocycles. The van der Waals surface area contributed by atoms with Crippen LogP contribution in [0, 0.1) is 12.3 Å². The molecule has 3 rings (SSSR count). The molecule has 8 heteroatoms. The number of amides is 2. The van der Waals surface area contributed by atoms with E-state index in [2.05, 4.69) is 16.4 Å². The third kappa shape index (κ3) is 5.08. The van der Waals surface area contributed by atoms with Gasteiger partial charge in [0, 0.05) is 0 Å². The molecular weight excluding hydrogens is 386 g/mol. The Morgan fingerprint density at radius 3 is 2.93 bits per heavy atom. The largest absolute Gasteiger partial charge is 0.490 e. The van der Waals surface area contributed by atoms with Crippen LogP contribution in [0.15, 0.2) is 47.6 Å². The molecule has 2 amide bonds. The summed E-state index contributed by atoms with van der Waals surface area (Å²) in [5.41, 5.74) is 3.67. The van der Waals surface area contributed by atoms with Crippen molar-refractivity contribution in [2.24, 2.45) is 5.10 Å². The molecule has 8 nitrogen and oxygen atoms in total. The van der Waals surface area contributed by atoms with E-state index in [1.54, 1.807) is 42.5 Å². The van der Waals surface area contributed by atoms with E-state index < -0.39 is 5.91 Å². The van der Waals surface area contributed by atoms with Gasteiger partial charge < -0.3 is 14.2 Å². The minimum Gasteiger partial charge on any atom is -0.490 e. The Morgan fingerprint density at radius 2 is 2.13 bits per heavy atom. The normalized spacial score (nSPS) is 12.7. The average Bonchev–Trinajstić information content (AvgIpc) is 2.75. The van der Waals surface area contributed by atoms with Crippen molar-refractivity contribution in [2.75, 3.05) is 31.3 Å². The van der Waals surface area contributed by atoms with Gasteiger partial charge in [0.25, 0.3) is 11.8 Å². The third-order valence-corrected chi connectivity index (χ3v) is 4.09. The van der Waals surface area contributed by atoms with Crippen molar-refractivity contribution in [3.8, 4) is 29.6 Å². The number of nitrogens with one attached hydrogen (secondary N) is 1. The van der Waals surface area contributed by atoms with Crippen molar-refractivity contribution in [1.29, 1.82) is 0 Å². The van der Waals surface area contributed by atoms with E-state index in [1.165, 1.54) is 11.1 Å². The first-order chi connectivity index (χ1) is 14.6. The van der Waals surface area contributed by atoms with E-state index in [4.69, 9.17) is 20.6 Å². The number of hydrazone groups is 1. The van der Waals surface area contributed by atoms with E-state index in [0.717, 1.165) is 0 Å². The van der Waals surface area contributed by atoms with Crippen molar-refractivity contribution in [3.05, 3.63) is 48.0 Å². The van der Waals surface area contributed by atoms with Crippen LogP contribution in [0.1, 0.15) is 12.5 Å². The second-order valence-electron chi connectivity index (χ2n) is 6.16. The van der Waals surface area contributed by atoms with E-state index in [0.29, 0.717) is 35.1 Å². The number of hydrogen-bond acceptors (Lipinski definition) is 6. The third-order valence-electron chi connectivity index (χ3n) is 4.09. The minimum atomic E-state index is -0.435. The highest BCUT2D eigenvalue weighted by Crippen LogP contribution is 2.31. The molecule has 1 aliphatic heterocycles. The van der Waals surface area contributed by atoms with Crippen molar-refractivity contribution < 1.29 is 23.8 Å². The molecule has 0 spiro atoms. The maximum Gasteiger partial charge on any atom is 0.265 e. The molecule has 1 N–H and O–H groups in total. The van der Waals surface area contributed by atoms with Gasteiger partial charge in [-0.3, -0.25) is 14.5 Å². The molecule has 0 aliphatic carbocycles. The van der Waals surface area contributed by atoms with Crippen LogP contribution in [0.4, 0.5) is 5.69 Å². The minimum absolute atomic E-state index is 0.109. The van der Waals surface area contributed by atoms with Crippen LogP contribution < -0.4 is 24.5 Å². The zero-order valence-electron chi connectivity index (χ0n) is 16.5. The Kier molecular flexibility index (Phi) is 6.90. The molecule has 30 heavy (non-hydrogen) atoms. The van der Waals surface area contributed by atoms with Gasteiger partial charge in [-0.2, -0.15) is 5.10 Å². The summed E-state index contributed by atoms with van der Waals surface area (Å²) >= 11 is 0. The van der Waals surface area contributed by atoms with Gasteiger partial charge in [-0.15, -0.1) is 6.42 Å². The standard InChI is InChI=1S/C22H21N3O5/c1-3-11-29-19-10-9-16(12-20(19)28-4-2)13-23-24-21(26)14-25-17-7-5-6-8-18(17)30-15-22(25)27/h1,5-10,12-13H,4,11,14-15H2,2H3,(H,24,26)/b23-13-. The van der Waals surface area contributed by atoms with Gasteiger partial charge in [-0.1, -0.05) is 18.1 Å². The Balaban J connectivity index is 1.63. The van der Waals surface area contributed by atoms with E-state index in [9.17, 15) is 9.59 Å². The lowest BCUT2D eigenvalue weighted by Crippen LogP contribution is -2.44. The molecule has 154 valence electrons. The van der Waals surface area contributed by atoms with Crippen LogP contribution in [-0.2, 0) is 9.59 Å². The molecule has 0 fully saturated rings. The monoisotopic (exact) mass is 407 g/mol. The number of rotatable bonds is 8. The smallest absolute Gasteiger partial charge is 0.265 e. The summed E-state index contributed by atoms with van der Waals surface area (Å²) in [5.74, 6) is 3.29. The predicted octanol–water partition coefficient (Wildman–Crippen LogP) is 1.97. The number of hydrogen-bond donors (Lipinski definition) is 1. The van der Waals surface area contributed by atoms with Crippen LogP contribution in [-0.4, -0.2) is 44.4 Å². The zero-order valence-corrected chi connectivity index (χ0v) is 16.5. The molecule has 0 aromatic heterocycles. The maximum atomic E-state index is 12.3. The molecule has 1 heterocycles. The highest BCUT2D eigenvalue weighted by atomic mass is 16.5. The number of carbonyl (C=O) groups is 2. The van der Waals surface area contributed by atoms with Crippen molar-refractivity contribution >= 4 is 23.7 Å². The van der Waals surface area contributed by atoms with E-state index in [1.807, 2.05) is 6.92 Å². The second kappa shape index (κ2) is 9.98. The summed E-state index contributed by atoms with van der Waals surface area (Å²) in [6.45, 7) is 2.17. The van der Waals surface area contributed by atoms with Crippen LogP contribution >= 0.6 is 0 Å². The maximum absolute atomic E-state index is 12.3. The molecule has 0 unspecified atom stereocenters. The highest BCUT2D eigenvalue weighted by Gasteiger charge is 2.26. The number of fused-ring (bicyclic) bond motifs is 1. The second-order valence-corrected chi connectivity index (χ2v) is 6.16. The van der Waals surface area contributed by atoms with Gasteiger partial charge in [-0.05, 0) is 42.8 Å². The van der Waals surface area contributed by atoms with E-state index in [-0.39, 0.29) is 25.7 Å². The van der Waals surface area contributed by atoms with Crippen LogP contribution in [0.2, 0.25) is 0 Å². The number of anilines is 1. The summed E-state index contributed by atoms with van der Waals surface area (Å²) in [7, 11) is 0. The van der Waals surface area contributed by atoms with Crippen LogP contribution in [0.5, 0.6) is 17.2 Å². The molecule has 0 atom stereocenters. The van der Waals surface area contributed by atoms with Crippen molar-refractivity contribution in [3.63, 3.8) is 0 Å². The fraction of sp³-hybridized carbons (Fsp3) is 0.227. The first-order valence-electron chi connectivity index (χ1n) is 9.29. The van der Waals surface area contributed by atoms with Crippen molar-refractivity contribution in [2.45, 2.75) is 6.92 Å². The van der Waals surface area contributed by atoms with Gasteiger partial charge >= 0.3 is 0 Å². The summed E-state index contributed by atoms with van der Waals surface area (Å²) < 4.78 is 16.4. The topological polar surface area (TPSA) is 89.5 Å². The Bertz CT molecular complexity index is 997. The molecule has 1 aliphatic rings. The predicted molar refractivity (Wildman–Crippen MR) is 112 cm³/mol. The Morgan fingerprint density at radius 1 is 1.30 bits per heavy atom. The summed E-state index contributed by atoms with van der Waals surface area (Å²) in [4.78, 5) is 25.8. The summed E-state index contributed by atoms with van der Waals surface area (Å²) in [6, 6.07) is 12.3. The number of benzene rings is 2. The Labute approximate surface area is 174 Å². The fourth-order valence-corrected chi connectivity index (χ4v) is 2.80. The van der Waals surface area contributed by atoms with Gasteiger partial charge in [0.05, 0.1) is 18.5 Å². The summed E-state index contributed by atoms with van der Waals surface area (Å²) in [5, 5.41) is 3.96. The quantitative estimate of drug-likeness (QED) is 0.411. The number of terminal acetylenes is 1. The van der Waals surface area contributed by atoms with Gasteiger partial charge in [-0.25, -0.2) is 5.43 Å². The van der Waals surface area contributed by atoms with Crippen molar-refractivity contribution in [1.82, 2.24) is 5.43 Å². The Hall–Kier alpha value is -3.99. The molecule has 0 saturated carbocycles. The zero-order chi connectivity index (χ0) is 21.3. The lowest BCUT2D eigenvalue weighted by Gasteiger charge is -2.28. The molecule has 0 radical (unpaired) electrons. The van der Waals surface area contributed by atoms with Gasteiger partial charge in [0.15, 0.2) is 18.1 Å². The number of ether oxygens (including phenoxy) is 3. The SMILES string of the molecule is C#CCOc1ccc(/C=N\NC(=O)CN2C(=O)COc3ccccc32)cc1OCC. The van der Waals surface area contributed by atoms with Gasteiger partial charge in [0.2, 0.25) is 0 Å². The number of carbonyl (C=O) groups excluding carboxylic acids is 2. The molecule has 0 bridgehead atoms. The highest BCUT2D eigenvalue weighted by molar-refractivity contribution is 6.02. The van der Waals surface area contributed by atoms with E-state index >= 15 is 0 Å². The molecular formula is C22H21N3O5. The lowest BCUT2D eigenvalue weighted by molar-refractivity contribution is -0.125. The first-order valence-corrected chi connectivity index (χ1v) is 9.29. The average molecular weight is 407 g/mol. The molecule has 2 aromatic carbocycles. The van der Waals surface area contributed by atoms with Crippen LogP contribution in [0.3, 0.4) is 0 Å². The summed E-state index contributed by atoms with van der Waals surface area (Å²) in [6.07, 6.45) is 6.69. The lowest BCUT2D eigenvalue weighted by atomic mass is 10.2. The fourth-order valence-electron chi connectivity index (χ4n) is 2.80. The number of nitrogens with zero attached hydrogens (tertiary/aromatic N) is 2. The van der Waals surface area contributed by atoms with Crippen LogP contribution in [0.25, 0.3) is 0 Å². The number of para-hydroxylation sites is 2.